The van der Waals surface area contributed by atoms with Crippen LogP contribution in [0.3, 0.4) is 0 Å². The topological polar surface area (TPSA) is 3.24 Å². The first kappa shape index (κ1) is 18.4. The largest absolute Gasteiger partial charge is 0.345 e. The van der Waals surface area contributed by atoms with Gasteiger partial charge in [-0.3, -0.25) is 0 Å². The van der Waals surface area contributed by atoms with Crippen LogP contribution in [0.1, 0.15) is 54.9 Å². The Hall–Kier alpha value is 0.394. The molecule has 0 aromatic carbocycles. The van der Waals surface area contributed by atoms with Crippen LogP contribution in [-0.2, 0) is 0 Å². The molecule has 0 rings (SSSR count). The molecule has 0 amide bonds. The molecule has 0 bridgehead atoms. The van der Waals surface area contributed by atoms with Crippen LogP contribution in [0.5, 0.6) is 0 Å². The summed E-state index contributed by atoms with van der Waals surface area (Å²) >= 11 is 0. The van der Waals surface area contributed by atoms with E-state index in [0.717, 1.165) is 0 Å². The molecule has 0 N–H and O–H groups in total. The highest BCUT2D eigenvalue weighted by molar-refractivity contribution is 6.93. The Bertz CT molecular complexity index is 252. The van der Waals surface area contributed by atoms with E-state index in [1.54, 1.807) is 0 Å². The van der Waals surface area contributed by atoms with Gasteiger partial charge in [0.05, 0.1) is 0 Å². The molecule has 18 heavy (non-hydrogen) atoms. The van der Waals surface area contributed by atoms with Gasteiger partial charge in [-0.2, -0.15) is 0 Å². The number of hydrogen-bond acceptors (Lipinski definition) is 1. The van der Waals surface area contributed by atoms with E-state index in [0.29, 0.717) is 10.1 Å². The van der Waals surface area contributed by atoms with Gasteiger partial charge in [-0.15, -0.1) is 0 Å². The molecule has 0 saturated carbocycles. The number of hydrogen-bond donors (Lipinski definition) is 0. The lowest BCUT2D eigenvalue weighted by Gasteiger charge is -2.60. The smallest absolute Gasteiger partial charge is 0.129 e. The third kappa shape index (κ3) is 3.48. The molecule has 0 heterocycles. The van der Waals surface area contributed by atoms with Gasteiger partial charge >= 0.3 is 0 Å². The van der Waals surface area contributed by atoms with Crippen molar-refractivity contribution in [2.75, 3.05) is 6.54 Å². The third-order valence-corrected chi connectivity index (χ3v) is 17.1. The van der Waals surface area contributed by atoms with Gasteiger partial charge in [0.1, 0.15) is 16.5 Å². The van der Waals surface area contributed by atoms with E-state index in [4.69, 9.17) is 0 Å². The van der Waals surface area contributed by atoms with Gasteiger partial charge in [-0.1, -0.05) is 74.7 Å². The van der Waals surface area contributed by atoms with Gasteiger partial charge in [0, 0.05) is 0 Å². The van der Waals surface area contributed by atoms with Crippen molar-refractivity contribution in [2.24, 2.45) is 0 Å². The highest BCUT2D eigenvalue weighted by Gasteiger charge is 2.55. The number of rotatable bonds is 4. The zero-order valence-electron chi connectivity index (χ0n) is 14.9. The molecule has 0 aliphatic rings. The first-order valence-corrected chi connectivity index (χ1v) is 13.4. The van der Waals surface area contributed by atoms with Gasteiger partial charge in [0.25, 0.3) is 0 Å². The molecule has 0 spiro atoms. The van der Waals surface area contributed by atoms with Crippen molar-refractivity contribution in [1.29, 1.82) is 0 Å². The minimum atomic E-state index is -1.54. The van der Waals surface area contributed by atoms with Crippen molar-refractivity contribution >= 4 is 16.5 Å². The van der Waals surface area contributed by atoms with Gasteiger partial charge in [-0.25, -0.2) is 0 Å². The van der Waals surface area contributed by atoms with Gasteiger partial charge < -0.3 is 4.23 Å². The monoisotopic (exact) mass is 287 g/mol. The number of nitrogens with zero attached hydrogens (tertiary/aromatic N) is 1. The Morgan fingerprint density at radius 2 is 1.11 bits per heavy atom. The van der Waals surface area contributed by atoms with Crippen LogP contribution in [-0.4, -0.2) is 27.2 Å². The molecular weight excluding hydrogens is 250 g/mol. The van der Waals surface area contributed by atoms with Crippen LogP contribution in [0.2, 0.25) is 36.3 Å². The molecule has 0 radical (unpaired) electrons. The Morgan fingerprint density at radius 3 is 1.28 bits per heavy atom. The summed E-state index contributed by atoms with van der Waals surface area (Å²) in [5.41, 5.74) is 0. The first-order valence-electron chi connectivity index (χ1n) is 7.47. The average Bonchev–Trinajstić information content (AvgIpc) is 2.07. The maximum Gasteiger partial charge on any atom is 0.129 e. The lowest BCUT2D eigenvalue weighted by Crippen LogP contribution is -2.69. The fraction of sp³-hybridized carbons (Fsp3) is 1.00. The minimum absolute atomic E-state index is 0.417. The maximum absolute atomic E-state index is 3.00. The second kappa shape index (κ2) is 5.41. The predicted molar refractivity (Wildman–Crippen MR) is 91.4 cm³/mol. The van der Waals surface area contributed by atoms with Crippen LogP contribution in [0.4, 0.5) is 0 Å². The summed E-state index contributed by atoms with van der Waals surface area (Å²) in [7, 11) is -2.81. The van der Waals surface area contributed by atoms with Crippen molar-refractivity contribution in [2.45, 2.75) is 91.2 Å². The van der Waals surface area contributed by atoms with Crippen molar-refractivity contribution in [1.82, 2.24) is 4.23 Å². The van der Waals surface area contributed by atoms with Crippen LogP contribution in [0, 0.1) is 0 Å². The second-order valence-corrected chi connectivity index (χ2v) is 19.9. The molecule has 0 fully saturated rings. The van der Waals surface area contributed by atoms with E-state index in [1.807, 2.05) is 0 Å². The molecule has 0 unspecified atom stereocenters. The minimum Gasteiger partial charge on any atom is -0.345 e. The summed E-state index contributed by atoms with van der Waals surface area (Å²) in [5, 5.41) is 0.835. The van der Waals surface area contributed by atoms with Crippen LogP contribution >= 0.6 is 0 Å². The van der Waals surface area contributed by atoms with Crippen LogP contribution < -0.4 is 0 Å². The van der Waals surface area contributed by atoms with Crippen LogP contribution in [0.25, 0.3) is 0 Å². The fourth-order valence-electron chi connectivity index (χ4n) is 3.39. The Labute approximate surface area is 119 Å². The maximum atomic E-state index is 3.00. The summed E-state index contributed by atoms with van der Waals surface area (Å²) in [6, 6.07) is 0. The SMILES string of the molecule is CCCN([Si](C)(C)C)[Si](C)(C(C)(C)C)C(C)(C)C. The molecule has 0 saturated heterocycles. The van der Waals surface area contributed by atoms with E-state index >= 15 is 0 Å². The lowest BCUT2D eigenvalue weighted by atomic mass is 10.2. The van der Waals surface area contributed by atoms with Crippen molar-refractivity contribution < 1.29 is 0 Å². The third-order valence-electron chi connectivity index (χ3n) is 4.72. The van der Waals surface area contributed by atoms with Crippen molar-refractivity contribution in [3.63, 3.8) is 0 Å². The Morgan fingerprint density at radius 1 is 0.778 bits per heavy atom. The molecule has 0 aliphatic carbocycles. The molecule has 3 heteroatoms. The van der Waals surface area contributed by atoms with Crippen LogP contribution in [0.15, 0.2) is 0 Å². The summed E-state index contributed by atoms with van der Waals surface area (Å²) in [6.07, 6.45) is 1.28. The van der Waals surface area contributed by atoms with Crippen molar-refractivity contribution in [3.8, 4) is 0 Å². The van der Waals surface area contributed by atoms with Gasteiger partial charge in [0.15, 0.2) is 0 Å². The first-order chi connectivity index (χ1) is 7.69. The zero-order chi connectivity index (χ0) is 15.0. The normalized spacial score (nSPS) is 15.3. The predicted octanol–water partition coefficient (Wildman–Crippen LogP) is 5.71. The summed E-state index contributed by atoms with van der Waals surface area (Å²) in [5.74, 6) is 0. The molecule has 110 valence electrons. The highest BCUT2D eigenvalue weighted by Crippen LogP contribution is 2.53. The molecule has 0 aromatic rings. The Kier molecular flexibility index (Phi) is 5.53. The summed E-state index contributed by atoms with van der Waals surface area (Å²) < 4.78 is 3.00. The molecule has 0 aliphatic heterocycles. The van der Waals surface area contributed by atoms with E-state index in [1.165, 1.54) is 13.0 Å². The van der Waals surface area contributed by atoms with E-state index in [2.05, 4.69) is 78.9 Å². The van der Waals surface area contributed by atoms with Gasteiger partial charge in [-0.05, 0) is 23.0 Å². The standard InChI is InChI=1S/C15H37NSi2/c1-12-13-16(17(8,9)10)18(11,14(2,3)4)15(5,6)7/h12-13H2,1-11H3. The van der Waals surface area contributed by atoms with E-state index in [-0.39, 0.29) is 0 Å². The highest BCUT2D eigenvalue weighted by atomic mass is 28.4. The van der Waals surface area contributed by atoms with E-state index in [9.17, 15) is 0 Å². The average molecular weight is 288 g/mol. The van der Waals surface area contributed by atoms with E-state index < -0.39 is 16.5 Å². The summed E-state index contributed by atoms with van der Waals surface area (Å²) in [4.78, 5) is 0. The quantitative estimate of drug-likeness (QED) is 0.599. The van der Waals surface area contributed by atoms with Crippen molar-refractivity contribution in [3.05, 3.63) is 0 Å². The molecule has 0 aromatic heterocycles. The second-order valence-electron chi connectivity index (χ2n) is 8.89. The molecule has 0 atom stereocenters. The summed E-state index contributed by atoms with van der Waals surface area (Å²) in [6.45, 7) is 28.6. The zero-order valence-corrected chi connectivity index (χ0v) is 16.9. The Balaban J connectivity index is 5.84. The molecule has 1 nitrogen and oxygen atoms in total. The van der Waals surface area contributed by atoms with Gasteiger partial charge in [0.2, 0.25) is 0 Å². The fourth-order valence-corrected chi connectivity index (χ4v) is 16.2. The lowest BCUT2D eigenvalue weighted by molar-refractivity contribution is 0.483. The molecular formula is C15H37NSi2.